The Morgan fingerprint density at radius 2 is 2.10 bits per heavy atom. The lowest BCUT2D eigenvalue weighted by atomic mass is 9.79. The summed E-state index contributed by atoms with van der Waals surface area (Å²) in [7, 11) is 1.42. The second-order valence-corrected chi connectivity index (χ2v) is 5.87. The number of hydrogen-bond acceptors (Lipinski definition) is 4. The largest absolute Gasteiger partial charge is 0.469 e. The summed E-state index contributed by atoms with van der Waals surface area (Å²) in [4.78, 5) is 11.7. The van der Waals surface area contributed by atoms with Crippen molar-refractivity contribution >= 4 is 17.6 Å². The highest BCUT2D eigenvalue weighted by Crippen LogP contribution is 2.40. The maximum absolute atomic E-state index is 11.7. The van der Waals surface area contributed by atoms with E-state index in [0.717, 1.165) is 29.0 Å². The van der Waals surface area contributed by atoms with Gasteiger partial charge in [-0.1, -0.05) is 35.8 Å². The van der Waals surface area contributed by atoms with E-state index >= 15 is 0 Å². The minimum atomic E-state index is -0.183. The normalized spacial score (nSPS) is 20.9. The van der Waals surface area contributed by atoms with E-state index in [2.05, 4.69) is 12.1 Å². The minimum Gasteiger partial charge on any atom is -0.469 e. The van der Waals surface area contributed by atoms with Crippen molar-refractivity contribution < 1.29 is 14.1 Å². The summed E-state index contributed by atoms with van der Waals surface area (Å²) in [5, 5.41) is 4.89. The predicted molar refractivity (Wildman–Crippen MR) is 79.2 cm³/mol. The van der Waals surface area contributed by atoms with Crippen LogP contribution in [0.3, 0.4) is 0 Å². The highest BCUT2D eigenvalue weighted by Gasteiger charge is 2.35. The van der Waals surface area contributed by atoms with Crippen molar-refractivity contribution in [2.45, 2.75) is 25.7 Å². The third-order valence-corrected chi connectivity index (χ3v) is 4.27. The van der Waals surface area contributed by atoms with Crippen LogP contribution in [0.2, 0.25) is 5.02 Å². The van der Waals surface area contributed by atoms with Gasteiger partial charge in [0.05, 0.1) is 13.0 Å². The van der Waals surface area contributed by atoms with E-state index in [1.54, 1.807) is 0 Å². The molecule has 2 atom stereocenters. The Morgan fingerprint density at radius 3 is 2.76 bits per heavy atom. The van der Waals surface area contributed by atoms with Crippen molar-refractivity contribution in [3.05, 3.63) is 40.6 Å². The zero-order chi connectivity index (χ0) is 15.0. The number of ether oxygens (including phenoxy) is 1. The highest BCUT2D eigenvalue weighted by atomic mass is 35.5. The number of aromatic nitrogens is 1. The molecule has 0 saturated carbocycles. The summed E-state index contributed by atoms with van der Waals surface area (Å²) in [5.41, 5.74) is 2.92. The fourth-order valence-corrected chi connectivity index (χ4v) is 3.13. The maximum Gasteiger partial charge on any atom is 0.309 e. The molecule has 2 unspecified atom stereocenters. The number of esters is 1. The highest BCUT2D eigenvalue weighted by molar-refractivity contribution is 6.30. The average molecular weight is 306 g/mol. The molecule has 1 aromatic carbocycles. The molecule has 1 aliphatic rings. The molecule has 0 bridgehead atoms. The van der Waals surface area contributed by atoms with E-state index in [1.807, 2.05) is 24.3 Å². The van der Waals surface area contributed by atoms with Crippen LogP contribution < -0.4 is 0 Å². The van der Waals surface area contributed by atoms with Crippen LogP contribution in [-0.2, 0) is 16.0 Å². The molecule has 0 spiro atoms. The number of rotatable bonds is 2. The molecule has 0 amide bonds. The van der Waals surface area contributed by atoms with Gasteiger partial charge in [-0.25, -0.2) is 0 Å². The number of carbonyl (C=O) groups is 1. The van der Waals surface area contributed by atoms with E-state index in [0.29, 0.717) is 11.4 Å². The van der Waals surface area contributed by atoms with Gasteiger partial charge in [-0.2, -0.15) is 0 Å². The Kier molecular flexibility index (Phi) is 3.72. The molecule has 4 nitrogen and oxygen atoms in total. The Hall–Kier alpha value is -1.81. The van der Waals surface area contributed by atoms with Crippen molar-refractivity contribution in [2.75, 3.05) is 7.11 Å². The summed E-state index contributed by atoms with van der Waals surface area (Å²) in [6.45, 7) is 2.09. The molecule has 0 N–H and O–H groups in total. The Morgan fingerprint density at radius 1 is 1.38 bits per heavy atom. The average Bonchev–Trinajstić information content (AvgIpc) is 2.91. The van der Waals surface area contributed by atoms with Gasteiger partial charge < -0.3 is 9.26 Å². The van der Waals surface area contributed by atoms with Crippen LogP contribution in [0.25, 0.3) is 11.3 Å². The first-order valence-corrected chi connectivity index (χ1v) is 7.30. The van der Waals surface area contributed by atoms with Gasteiger partial charge in [0.1, 0.15) is 11.5 Å². The smallest absolute Gasteiger partial charge is 0.309 e. The Balaban J connectivity index is 1.97. The molecule has 0 fully saturated rings. The zero-order valence-electron chi connectivity index (χ0n) is 11.9. The van der Waals surface area contributed by atoms with Crippen LogP contribution >= 0.6 is 11.6 Å². The van der Waals surface area contributed by atoms with E-state index in [4.69, 9.17) is 20.9 Å². The summed E-state index contributed by atoms with van der Waals surface area (Å²) >= 11 is 5.92. The minimum absolute atomic E-state index is 0.150. The topological polar surface area (TPSA) is 52.3 Å². The third-order valence-electron chi connectivity index (χ3n) is 4.02. The molecule has 1 aliphatic carbocycles. The van der Waals surface area contributed by atoms with Crippen LogP contribution in [0.4, 0.5) is 0 Å². The van der Waals surface area contributed by atoms with Gasteiger partial charge in [0, 0.05) is 22.6 Å². The molecular formula is C16H16ClNO3. The van der Waals surface area contributed by atoms with Crippen molar-refractivity contribution in [1.29, 1.82) is 0 Å². The van der Waals surface area contributed by atoms with Crippen molar-refractivity contribution in [3.8, 4) is 11.3 Å². The monoisotopic (exact) mass is 305 g/mol. The summed E-state index contributed by atoms with van der Waals surface area (Å²) in [6, 6.07) is 7.53. The number of nitrogens with zero attached hydrogens (tertiary/aromatic N) is 1. The fourth-order valence-electron chi connectivity index (χ4n) is 3.00. The van der Waals surface area contributed by atoms with Gasteiger partial charge in [-0.3, -0.25) is 4.79 Å². The summed E-state index contributed by atoms with van der Waals surface area (Å²) in [6.07, 6.45) is 1.30. The van der Waals surface area contributed by atoms with Gasteiger partial charge in [-0.15, -0.1) is 0 Å². The van der Waals surface area contributed by atoms with E-state index in [9.17, 15) is 4.79 Å². The van der Waals surface area contributed by atoms with Crippen molar-refractivity contribution in [3.63, 3.8) is 0 Å². The molecule has 21 heavy (non-hydrogen) atoms. The van der Waals surface area contributed by atoms with Crippen molar-refractivity contribution in [2.24, 2.45) is 5.92 Å². The fraction of sp³-hybridized carbons (Fsp3) is 0.375. The molecule has 3 rings (SSSR count). The summed E-state index contributed by atoms with van der Waals surface area (Å²) in [5.74, 6) is 0.657. The second kappa shape index (κ2) is 5.53. The van der Waals surface area contributed by atoms with Crippen molar-refractivity contribution in [1.82, 2.24) is 5.16 Å². The molecule has 2 aromatic rings. The van der Waals surface area contributed by atoms with Gasteiger partial charge >= 0.3 is 5.97 Å². The molecule has 1 heterocycles. The Bertz CT molecular complexity index is 663. The molecular weight excluding hydrogens is 290 g/mol. The predicted octanol–water partition coefficient (Wildman–Crippen LogP) is 3.83. The van der Waals surface area contributed by atoms with Crippen LogP contribution in [0.1, 0.15) is 30.6 Å². The van der Waals surface area contributed by atoms with E-state index in [1.165, 1.54) is 7.11 Å². The quantitative estimate of drug-likeness (QED) is 0.791. The number of carbonyl (C=O) groups excluding carboxylic acids is 1. The van der Waals surface area contributed by atoms with Crippen LogP contribution in [0.15, 0.2) is 28.8 Å². The summed E-state index contributed by atoms with van der Waals surface area (Å²) < 4.78 is 10.3. The number of halogens is 1. The first kappa shape index (κ1) is 14.1. The first-order chi connectivity index (χ1) is 10.1. The molecule has 110 valence electrons. The standard InChI is InChI=1S/C16H16ClNO3/c1-9-7-11(16(19)20-2)8-13-14(9)15(18-21-13)10-3-5-12(17)6-4-10/h3-6,9,11H,7-8H2,1-2H3. The molecule has 1 aromatic heterocycles. The lowest BCUT2D eigenvalue weighted by molar-refractivity contribution is -0.146. The number of hydrogen-bond donors (Lipinski definition) is 0. The number of methoxy groups -OCH3 is 1. The number of benzene rings is 1. The molecule has 5 heteroatoms. The maximum atomic E-state index is 11.7. The number of fused-ring (bicyclic) bond motifs is 1. The van der Waals surface area contributed by atoms with E-state index in [-0.39, 0.29) is 17.8 Å². The molecule has 0 radical (unpaired) electrons. The van der Waals surface area contributed by atoms with Gasteiger partial charge in [0.2, 0.25) is 0 Å². The molecule has 0 aliphatic heterocycles. The zero-order valence-corrected chi connectivity index (χ0v) is 12.7. The lowest BCUT2D eigenvalue weighted by Crippen LogP contribution is -2.25. The third kappa shape index (κ3) is 2.56. The SMILES string of the molecule is COC(=O)C1Cc2onc(-c3ccc(Cl)cc3)c2C(C)C1. The van der Waals surface area contributed by atoms with Gasteiger partial charge in [0.25, 0.3) is 0 Å². The van der Waals surface area contributed by atoms with Crippen LogP contribution in [0, 0.1) is 5.92 Å². The first-order valence-electron chi connectivity index (χ1n) is 6.92. The lowest BCUT2D eigenvalue weighted by Gasteiger charge is -2.24. The van der Waals surface area contributed by atoms with Gasteiger partial charge in [-0.05, 0) is 24.5 Å². The van der Waals surface area contributed by atoms with Crippen LogP contribution in [-0.4, -0.2) is 18.2 Å². The Labute approximate surface area is 128 Å². The van der Waals surface area contributed by atoms with Gasteiger partial charge in [0.15, 0.2) is 0 Å². The van der Waals surface area contributed by atoms with E-state index < -0.39 is 0 Å². The molecule has 0 saturated heterocycles. The van der Waals surface area contributed by atoms with Crippen LogP contribution in [0.5, 0.6) is 0 Å². The second-order valence-electron chi connectivity index (χ2n) is 5.44.